The minimum atomic E-state index is -0.927. The number of rotatable bonds is 3. The van der Waals surface area contributed by atoms with Crippen molar-refractivity contribution in [3.63, 3.8) is 0 Å². The summed E-state index contributed by atoms with van der Waals surface area (Å²) >= 11 is 0. The fraction of sp³-hybridized carbons (Fsp3) is 0.857. The van der Waals surface area contributed by atoms with E-state index in [1.807, 2.05) is 6.92 Å². The molecule has 11 heavy (non-hydrogen) atoms. The van der Waals surface area contributed by atoms with Crippen molar-refractivity contribution < 1.29 is 19.4 Å². The van der Waals surface area contributed by atoms with E-state index < -0.39 is 5.97 Å². The lowest BCUT2D eigenvalue weighted by atomic mass is 10.2. The van der Waals surface area contributed by atoms with Gasteiger partial charge in [0.25, 0.3) is 0 Å². The van der Waals surface area contributed by atoms with Gasteiger partial charge in [0.05, 0.1) is 12.2 Å². The van der Waals surface area contributed by atoms with Gasteiger partial charge in [0.15, 0.2) is 0 Å². The van der Waals surface area contributed by atoms with Crippen LogP contribution in [0.15, 0.2) is 0 Å². The smallest absolute Gasteiger partial charge is 0.329 e. The van der Waals surface area contributed by atoms with Crippen LogP contribution in [0.25, 0.3) is 0 Å². The molecule has 1 fully saturated rings. The normalized spacial score (nSPS) is 30.6. The van der Waals surface area contributed by atoms with Crippen LogP contribution in [-0.4, -0.2) is 36.5 Å². The van der Waals surface area contributed by atoms with Crippen LogP contribution in [-0.2, 0) is 14.3 Å². The molecule has 0 spiro atoms. The Morgan fingerprint density at radius 2 is 2.55 bits per heavy atom. The van der Waals surface area contributed by atoms with Gasteiger partial charge in [0, 0.05) is 6.61 Å². The summed E-state index contributed by atoms with van der Waals surface area (Å²) in [5.41, 5.74) is 0. The molecule has 1 saturated heterocycles. The number of hydrogen-bond acceptors (Lipinski definition) is 3. The van der Waals surface area contributed by atoms with Crippen molar-refractivity contribution in [3.05, 3.63) is 0 Å². The average Bonchev–Trinajstić information content (AvgIpc) is 2.31. The van der Waals surface area contributed by atoms with Gasteiger partial charge >= 0.3 is 5.97 Å². The summed E-state index contributed by atoms with van der Waals surface area (Å²) in [6.07, 6.45) is 0.800. The highest BCUT2D eigenvalue weighted by Crippen LogP contribution is 2.15. The number of aliphatic carboxylic acids is 1. The topological polar surface area (TPSA) is 55.8 Å². The van der Waals surface area contributed by atoms with Gasteiger partial charge in [-0.1, -0.05) is 0 Å². The van der Waals surface area contributed by atoms with Crippen molar-refractivity contribution >= 4 is 5.97 Å². The van der Waals surface area contributed by atoms with E-state index >= 15 is 0 Å². The van der Waals surface area contributed by atoms with E-state index in [9.17, 15) is 4.79 Å². The van der Waals surface area contributed by atoms with Gasteiger partial charge in [-0.25, -0.2) is 4.79 Å². The highest BCUT2D eigenvalue weighted by Gasteiger charge is 2.25. The summed E-state index contributed by atoms with van der Waals surface area (Å²) in [6.45, 7) is 2.34. The lowest BCUT2D eigenvalue weighted by Crippen LogP contribution is -2.24. The monoisotopic (exact) mass is 160 g/mol. The minimum Gasteiger partial charge on any atom is -0.480 e. The molecule has 0 amide bonds. The Kier molecular flexibility index (Phi) is 2.84. The Morgan fingerprint density at radius 3 is 3.00 bits per heavy atom. The fourth-order valence-electron chi connectivity index (χ4n) is 1.11. The van der Waals surface area contributed by atoms with Crippen molar-refractivity contribution in [2.75, 3.05) is 13.2 Å². The molecule has 2 unspecified atom stereocenters. The van der Waals surface area contributed by atoms with Crippen LogP contribution in [0.5, 0.6) is 0 Å². The molecule has 0 saturated carbocycles. The maximum absolute atomic E-state index is 10.1. The van der Waals surface area contributed by atoms with Gasteiger partial charge in [-0.15, -0.1) is 0 Å². The Bertz CT molecular complexity index is 145. The summed E-state index contributed by atoms with van der Waals surface area (Å²) in [6, 6.07) is 0. The Morgan fingerprint density at radius 1 is 1.82 bits per heavy atom. The molecule has 4 heteroatoms. The summed E-state index contributed by atoms with van der Waals surface area (Å²) in [5.74, 6) is -0.927. The van der Waals surface area contributed by atoms with Crippen molar-refractivity contribution in [3.8, 4) is 0 Å². The molecule has 0 aliphatic carbocycles. The van der Waals surface area contributed by atoms with Gasteiger partial charge < -0.3 is 14.6 Å². The van der Waals surface area contributed by atoms with Crippen LogP contribution < -0.4 is 0 Å². The standard InChI is InChI=1S/C7H12O4/c1-5-6(2-3-10-5)11-4-7(8)9/h5-6H,2-4H2,1H3,(H,8,9). The zero-order chi connectivity index (χ0) is 8.27. The summed E-state index contributed by atoms with van der Waals surface area (Å²) in [4.78, 5) is 10.1. The molecule has 1 heterocycles. The van der Waals surface area contributed by atoms with E-state index in [1.54, 1.807) is 0 Å². The Balaban J connectivity index is 2.20. The molecule has 0 aromatic carbocycles. The Hall–Kier alpha value is -0.610. The predicted molar refractivity (Wildman–Crippen MR) is 37.4 cm³/mol. The second-order valence-electron chi connectivity index (χ2n) is 2.61. The highest BCUT2D eigenvalue weighted by atomic mass is 16.6. The van der Waals surface area contributed by atoms with Crippen molar-refractivity contribution in [2.45, 2.75) is 25.6 Å². The van der Waals surface area contributed by atoms with Crippen LogP contribution in [0.3, 0.4) is 0 Å². The molecular formula is C7H12O4. The van der Waals surface area contributed by atoms with Gasteiger partial charge in [0.1, 0.15) is 6.61 Å². The molecule has 0 aromatic heterocycles. The van der Waals surface area contributed by atoms with Crippen molar-refractivity contribution in [1.29, 1.82) is 0 Å². The molecule has 4 nitrogen and oxygen atoms in total. The van der Waals surface area contributed by atoms with Crippen molar-refractivity contribution in [1.82, 2.24) is 0 Å². The van der Waals surface area contributed by atoms with E-state index in [2.05, 4.69) is 0 Å². The Labute approximate surface area is 65.1 Å². The van der Waals surface area contributed by atoms with E-state index in [0.717, 1.165) is 6.42 Å². The van der Waals surface area contributed by atoms with Crippen molar-refractivity contribution in [2.24, 2.45) is 0 Å². The number of carboxylic acids is 1. The first kappa shape index (κ1) is 8.49. The molecule has 2 atom stereocenters. The lowest BCUT2D eigenvalue weighted by molar-refractivity contribution is -0.145. The largest absolute Gasteiger partial charge is 0.480 e. The van der Waals surface area contributed by atoms with E-state index in [-0.39, 0.29) is 18.8 Å². The number of carbonyl (C=O) groups is 1. The zero-order valence-electron chi connectivity index (χ0n) is 6.45. The number of carboxylic acid groups (broad SMARTS) is 1. The van der Waals surface area contributed by atoms with Crippen LogP contribution in [0.1, 0.15) is 13.3 Å². The molecule has 1 aliphatic heterocycles. The molecule has 0 bridgehead atoms. The van der Waals surface area contributed by atoms with Gasteiger partial charge in [0.2, 0.25) is 0 Å². The summed E-state index contributed by atoms with van der Waals surface area (Å²) < 4.78 is 10.2. The molecule has 1 aliphatic rings. The third-order valence-electron chi connectivity index (χ3n) is 1.73. The van der Waals surface area contributed by atoms with Crippen LogP contribution in [0.4, 0.5) is 0 Å². The molecule has 0 radical (unpaired) electrons. The second kappa shape index (κ2) is 3.69. The first-order chi connectivity index (χ1) is 5.20. The van der Waals surface area contributed by atoms with Crippen LogP contribution in [0, 0.1) is 0 Å². The lowest BCUT2D eigenvalue weighted by Gasteiger charge is -2.12. The molecule has 0 aromatic rings. The van der Waals surface area contributed by atoms with E-state index in [4.69, 9.17) is 14.6 Å². The molecule has 1 rings (SSSR count). The van der Waals surface area contributed by atoms with Gasteiger partial charge in [-0.05, 0) is 13.3 Å². The first-order valence-electron chi connectivity index (χ1n) is 3.65. The first-order valence-corrected chi connectivity index (χ1v) is 3.65. The van der Waals surface area contributed by atoms with E-state index in [0.29, 0.717) is 6.61 Å². The van der Waals surface area contributed by atoms with Gasteiger partial charge in [-0.3, -0.25) is 0 Å². The van der Waals surface area contributed by atoms with Gasteiger partial charge in [-0.2, -0.15) is 0 Å². The third kappa shape index (κ3) is 2.48. The number of ether oxygens (including phenoxy) is 2. The molecule has 1 N–H and O–H groups in total. The second-order valence-corrected chi connectivity index (χ2v) is 2.61. The maximum Gasteiger partial charge on any atom is 0.329 e. The zero-order valence-corrected chi connectivity index (χ0v) is 6.45. The summed E-state index contributed by atoms with van der Waals surface area (Å²) in [7, 11) is 0. The molecule has 64 valence electrons. The van der Waals surface area contributed by atoms with Crippen LogP contribution >= 0.6 is 0 Å². The SMILES string of the molecule is CC1OCCC1OCC(=O)O. The predicted octanol–water partition coefficient (Wildman–Crippen LogP) is 0.265. The van der Waals surface area contributed by atoms with E-state index in [1.165, 1.54) is 0 Å². The fourth-order valence-corrected chi connectivity index (χ4v) is 1.11. The minimum absolute atomic E-state index is 0.0360. The third-order valence-corrected chi connectivity index (χ3v) is 1.73. The highest BCUT2D eigenvalue weighted by molar-refractivity contribution is 5.68. The number of hydrogen-bond donors (Lipinski definition) is 1. The maximum atomic E-state index is 10.1. The molecular weight excluding hydrogens is 148 g/mol. The quantitative estimate of drug-likeness (QED) is 0.643. The van der Waals surface area contributed by atoms with Crippen LogP contribution in [0.2, 0.25) is 0 Å². The average molecular weight is 160 g/mol. The summed E-state index contributed by atoms with van der Waals surface area (Å²) in [5, 5.41) is 8.29.